The Kier molecular flexibility index (Phi) is 6.49. The first-order valence-corrected chi connectivity index (χ1v) is 7.15. The van der Waals surface area contributed by atoms with Crippen molar-refractivity contribution in [2.45, 2.75) is 31.8 Å². The van der Waals surface area contributed by atoms with E-state index in [0.29, 0.717) is 9.13 Å². The van der Waals surface area contributed by atoms with Crippen LogP contribution < -0.4 is 10.6 Å². The minimum atomic E-state index is -0.349. The maximum Gasteiger partial charge on any atom is 0.251 e. The molecule has 1 aliphatic heterocycles. The summed E-state index contributed by atoms with van der Waals surface area (Å²) in [6.45, 7) is 3.05. The zero-order valence-corrected chi connectivity index (χ0v) is 13.6. The molecule has 106 valence electrons. The molecule has 1 amide bonds. The van der Waals surface area contributed by atoms with E-state index in [9.17, 15) is 9.18 Å². The molecule has 0 spiro atoms. The van der Waals surface area contributed by atoms with Crippen molar-refractivity contribution in [3.63, 3.8) is 0 Å². The van der Waals surface area contributed by atoms with E-state index in [-0.39, 0.29) is 36.2 Å². The lowest BCUT2D eigenvalue weighted by Gasteiger charge is -2.30. The van der Waals surface area contributed by atoms with Crippen LogP contribution in [0.25, 0.3) is 0 Å². The number of rotatable bonds is 2. The Bertz CT molecular complexity index is 458. The molecule has 2 unspecified atom stereocenters. The second-order valence-corrected chi connectivity index (χ2v) is 5.76. The van der Waals surface area contributed by atoms with Gasteiger partial charge in [0.15, 0.2) is 0 Å². The number of piperidine rings is 1. The lowest BCUT2D eigenvalue weighted by molar-refractivity contribution is 0.0919. The summed E-state index contributed by atoms with van der Waals surface area (Å²) in [5, 5.41) is 6.28. The van der Waals surface area contributed by atoms with E-state index in [2.05, 4.69) is 17.6 Å². The van der Waals surface area contributed by atoms with Gasteiger partial charge in [-0.3, -0.25) is 4.79 Å². The molecule has 2 atom stereocenters. The van der Waals surface area contributed by atoms with Gasteiger partial charge in [0.05, 0.1) is 0 Å². The first kappa shape index (κ1) is 16.7. The van der Waals surface area contributed by atoms with Crippen molar-refractivity contribution in [2.24, 2.45) is 0 Å². The summed E-state index contributed by atoms with van der Waals surface area (Å²) >= 11 is 1.91. The van der Waals surface area contributed by atoms with Crippen LogP contribution in [0.1, 0.15) is 30.1 Å². The Morgan fingerprint density at radius 3 is 2.89 bits per heavy atom. The van der Waals surface area contributed by atoms with Crippen molar-refractivity contribution in [2.75, 3.05) is 6.54 Å². The Morgan fingerprint density at radius 2 is 2.26 bits per heavy atom. The van der Waals surface area contributed by atoms with Gasteiger partial charge < -0.3 is 10.6 Å². The maximum atomic E-state index is 13.4. The van der Waals surface area contributed by atoms with Crippen LogP contribution in [0.3, 0.4) is 0 Å². The van der Waals surface area contributed by atoms with Crippen LogP contribution in [0, 0.1) is 9.39 Å². The van der Waals surface area contributed by atoms with E-state index in [1.54, 1.807) is 12.1 Å². The fourth-order valence-electron chi connectivity index (χ4n) is 2.13. The molecule has 0 aromatic heterocycles. The molecular weight excluding hydrogens is 382 g/mol. The molecule has 2 N–H and O–H groups in total. The van der Waals surface area contributed by atoms with Crippen LogP contribution in [0.2, 0.25) is 0 Å². The molecule has 2 rings (SSSR count). The standard InChI is InChI=1S/C13H16FIN2O.ClH/c1-8-12(3-2-6-16-8)17-13(18)9-4-5-11(15)10(14)7-9;/h4-5,7-8,12,16H,2-3,6H2,1H3,(H,17,18);1H. The van der Waals surface area contributed by atoms with Gasteiger partial charge in [-0.05, 0) is 67.1 Å². The monoisotopic (exact) mass is 398 g/mol. The second kappa shape index (κ2) is 7.40. The molecule has 1 aliphatic rings. The van der Waals surface area contributed by atoms with Gasteiger partial charge in [0.1, 0.15) is 5.82 Å². The average molecular weight is 399 g/mol. The fraction of sp³-hybridized carbons (Fsp3) is 0.462. The topological polar surface area (TPSA) is 41.1 Å². The van der Waals surface area contributed by atoms with E-state index in [1.165, 1.54) is 6.07 Å². The first-order valence-electron chi connectivity index (χ1n) is 6.07. The number of hydrogen-bond donors (Lipinski definition) is 2. The van der Waals surface area contributed by atoms with Crippen molar-refractivity contribution < 1.29 is 9.18 Å². The summed E-state index contributed by atoms with van der Waals surface area (Å²) in [4.78, 5) is 12.0. The van der Waals surface area contributed by atoms with E-state index in [0.717, 1.165) is 19.4 Å². The van der Waals surface area contributed by atoms with Crippen LogP contribution in [0.4, 0.5) is 4.39 Å². The van der Waals surface area contributed by atoms with Crippen molar-refractivity contribution in [1.29, 1.82) is 0 Å². The van der Waals surface area contributed by atoms with Gasteiger partial charge >= 0.3 is 0 Å². The summed E-state index contributed by atoms with van der Waals surface area (Å²) < 4.78 is 13.9. The summed E-state index contributed by atoms with van der Waals surface area (Å²) in [6.07, 6.45) is 2.02. The lowest BCUT2D eigenvalue weighted by atomic mass is 9.99. The number of carbonyl (C=O) groups excluding carboxylic acids is 1. The molecule has 6 heteroatoms. The molecular formula is C13H17ClFIN2O. The zero-order valence-electron chi connectivity index (χ0n) is 10.6. The largest absolute Gasteiger partial charge is 0.348 e. The average Bonchev–Trinajstić information content (AvgIpc) is 2.35. The van der Waals surface area contributed by atoms with Crippen molar-refractivity contribution in [3.05, 3.63) is 33.1 Å². The number of nitrogens with one attached hydrogen (secondary N) is 2. The Balaban J connectivity index is 0.00000180. The first-order chi connectivity index (χ1) is 8.58. The zero-order chi connectivity index (χ0) is 13.1. The maximum absolute atomic E-state index is 13.4. The number of benzene rings is 1. The smallest absolute Gasteiger partial charge is 0.251 e. The Hall–Kier alpha value is -0.400. The molecule has 19 heavy (non-hydrogen) atoms. The SMILES string of the molecule is CC1NCCCC1NC(=O)c1ccc(I)c(F)c1.Cl. The van der Waals surface area contributed by atoms with Crippen molar-refractivity contribution in [3.8, 4) is 0 Å². The summed E-state index contributed by atoms with van der Waals surface area (Å²) in [5.41, 5.74) is 0.380. The fourth-order valence-corrected chi connectivity index (χ4v) is 2.47. The van der Waals surface area contributed by atoms with E-state index in [4.69, 9.17) is 0 Å². The van der Waals surface area contributed by atoms with Gasteiger partial charge in [-0.25, -0.2) is 4.39 Å². The van der Waals surface area contributed by atoms with Crippen molar-refractivity contribution >= 4 is 40.9 Å². The third kappa shape index (κ3) is 4.29. The van der Waals surface area contributed by atoms with E-state index in [1.807, 2.05) is 22.6 Å². The minimum absolute atomic E-state index is 0. The van der Waals surface area contributed by atoms with Crippen LogP contribution >= 0.6 is 35.0 Å². The quantitative estimate of drug-likeness (QED) is 0.752. The molecule has 0 bridgehead atoms. The van der Waals surface area contributed by atoms with Crippen LogP contribution in [-0.2, 0) is 0 Å². The molecule has 1 aromatic carbocycles. The number of halogens is 3. The number of amides is 1. The molecule has 1 aromatic rings. The summed E-state index contributed by atoms with van der Waals surface area (Å²) in [7, 11) is 0. The van der Waals surface area contributed by atoms with E-state index >= 15 is 0 Å². The van der Waals surface area contributed by atoms with Gasteiger partial charge in [0.2, 0.25) is 0 Å². The van der Waals surface area contributed by atoms with Crippen LogP contribution in [-0.4, -0.2) is 24.5 Å². The van der Waals surface area contributed by atoms with Crippen LogP contribution in [0.15, 0.2) is 18.2 Å². The minimum Gasteiger partial charge on any atom is -0.348 e. The van der Waals surface area contributed by atoms with Gasteiger partial charge in [-0.1, -0.05) is 0 Å². The number of carbonyl (C=O) groups is 1. The third-order valence-electron chi connectivity index (χ3n) is 3.26. The molecule has 1 heterocycles. The van der Waals surface area contributed by atoms with Gasteiger partial charge in [0.25, 0.3) is 5.91 Å². The predicted molar refractivity (Wildman–Crippen MR) is 84.3 cm³/mol. The molecule has 3 nitrogen and oxygen atoms in total. The highest BCUT2D eigenvalue weighted by Gasteiger charge is 2.22. The second-order valence-electron chi connectivity index (χ2n) is 4.59. The highest BCUT2D eigenvalue weighted by atomic mass is 127. The molecule has 1 saturated heterocycles. The molecule has 1 fully saturated rings. The Labute approximate surface area is 132 Å². The van der Waals surface area contributed by atoms with E-state index < -0.39 is 0 Å². The van der Waals surface area contributed by atoms with Crippen LogP contribution in [0.5, 0.6) is 0 Å². The molecule has 0 aliphatic carbocycles. The predicted octanol–water partition coefficient (Wildman–Crippen LogP) is 2.72. The van der Waals surface area contributed by atoms with Gasteiger partial charge in [0, 0.05) is 21.2 Å². The normalized spacial score (nSPS) is 22.5. The van der Waals surface area contributed by atoms with Gasteiger partial charge in [-0.15, -0.1) is 12.4 Å². The molecule has 0 saturated carbocycles. The molecule has 0 radical (unpaired) electrons. The highest BCUT2D eigenvalue weighted by molar-refractivity contribution is 14.1. The highest BCUT2D eigenvalue weighted by Crippen LogP contribution is 2.14. The van der Waals surface area contributed by atoms with Crippen molar-refractivity contribution in [1.82, 2.24) is 10.6 Å². The third-order valence-corrected chi connectivity index (χ3v) is 4.13. The number of hydrogen-bond acceptors (Lipinski definition) is 2. The lowest BCUT2D eigenvalue weighted by Crippen LogP contribution is -2.51. The summed E-state index contributed by atoms with van der Waals surface area (Å²) in [6, 6.07) is 4.94. The van der Waals surface area contributed by atoms with Gasteiger partial charge in [-0.2, -0.15) is 0 Å². The Morgan fingerprint density at radius 1 is 1.53 bits per heavy atom. The summed E-state index contributed by atoms with van der Waals surface area (Å²) in [5.74, 6) is -0.552.